The predicted octanol–water partition coefficient (Wildman–Crippen LogP) is 3.47. The normalized spacial score (nSPS) is 11.7. The summed E-state index contributed by atoms with van der Waals surface area (Å²) in [4.78, 5) is 25.9. The molecule has 4 nitrogen and oxygen atoms in total. The Morgan fingerprint density at radius 2 is 1.78 bits per heavy atom. The second kappa shape index (κ2) is 7.24. The van der Waals surface area contributed by atoms with Gasteiger partial charge in [0.15, 0.2) is 0 Å². The minimum absolute atomic E-state index is 0.000513. The van der Waals surface area contributed by atoms with Crippen LogP contribution in [-0.4, -0.2) is 30.9 Å². The highest BCUT2D eigenvalue weighted by Crippen LogP contribution is 2.24. The lowest BCUT2D eigenvalue weighted by Crippen LogP contribution is -2.31. The van der Waals surface area contributed by atoms with Crippen molar-refractivity contribution in [3.63, 3.8) is 0 Å². The molecule has 0 aliphatic rings. The Morgan fingerprint density at radius 1 is 1.13 bits per heavy atom. The molecule has 0 unspecified atom stereocenters. The molecule has 0 bridgehead atoms. The second-order valence-electron chi connectivity index (χ2n) is 5.05. The van der Waals surface area contributed by atoms with E-state index in [9.17, 15) is 14.0 Å². The molecule has 6 heteroatoms. The van der Waals surface area contributed by atoms with E-state index in [1.807, 2.05) is 0 Å². The minimum Gasteiger partial charge on any atom is -0.444 e. The van der Waals surface area contributed by atoms with Crippen LogP contribution in [0.15, 0.2) is 48.5 Å². The van der Waals surface area contributed by atoms with Crippen LogP contribution < -0.4 is 0 Å². The van der Waals surface area contributed by atoms with Crippen LogP contribution in [0.2, 0.25) is 5.02 Å². The van der Waals surface area contributed by atoms with Crippen molar-refractivity contribution in [2.45, 2.75) is 6.10 Å². The predicted molar refractivity (Wildman–Crippen MR) is 84.7 cm³/mol. The van der Waals surface area contributed by atoms with Crippen LogP contribution in [0.4, 0.5) is 4.39 Å². The summed E-state index contributed by atoms with van der Waals surface area (Å²) in [5.41, 5.74) is 0.540. The van der Waals surface area contributed by atoms with Gasteiger partial charge in [-0.3, -0.25) is 4.79 Å². The smallest absolute Gasteiger partial charge is 0.340 e. The van der Waals surface area contributed by atoms with Gasteiger partial charge in [0.25, 0.3) is 5.91 Å². The number of rotatable bonds is 4. The number of amides is 1. The molecule has 1 amide bonds. The van der Waals surface area contributed by atoms with Crippen LogP contribution in [-0.2, 0) is 9.53 Å². The summed E-state index contributed by atoms with van der Waals surface area (Å²) in [7, 11) is 3.13. The van der Waals surface area contributed by atoms with E-state index in [2.05, 4.69) is 0 Å². The third-order valence-corrected chi connectivity index (χ3v) is 3.46. The standard InChI is InChI=1S/C17H15ClFNO3/c1-20(2)16(21)15(11-6-4-3-5-7-11)23-17(22)13-9-8-12(19)10-14(13)18/h3-10,15H,1-2H3/t15-/m0/s1. The fourth-order valence-electron chi connectivity index (χ4n) is 1.95. The van der Waals surface area contributed by atoms with Gasteiger partial charge in [-0.15, -0.1) is 0 Å². The first kappa shape index (κ1) is 17.0. The molecular formula is C17H15ClFNO3. The number of carbonyl (C=O) groups excluding carboxylic acids is 2. The zero-order valence-corrected chi connectivity index (χ0v) is 13.4. The van der Waals surface area contributed by atoms with Gasteiger partial charge in [0.1, 0.15) is 5.82 Å². The van der Waals surface area contributed by atoms with Crippen LogP contribution in [0, 0.1) is 5.82 Å². The first-order chi connectivity index (χ1) is 10.9. The van der Waals surface area contributed by atoms with Crippen LogP contribution in [0.5, 0.6) is 0 Å². The number of halogens is 2. The van der Waals surface area contributed by atoms with Crippen molar-refractivity contribution in [2.24, 2.45) is 0 Å². The monoisotopic (exact) mass is 335 g/mol. The zero-order valence-electron chi connectivity index (χ0n) is 12.6. The van der Waals surface area contributed by atoms with E-state index >= 15 is 0 Å². The first-order valence-corrected chi connectivity index (χ1v) is 7.20. The number of carbonyl (C=O) groups is 2. The maximum absolute atomic E-state index is 13.1. The topological polar surface area (TPSA) is 46.6 Å². The van der Waals surface area contributed by atoms with Crippen molar-refractivity contribution in [2.75, 3.05) is 14.1 Å². The maximum Gasteiger partial charge on any atom is 0.340 e. The Kier molecular flexibility index (Phi) is 5.34. The van der Waals surface area contributed by atoms with E-state index in [1.54, 1.807) is 44.4 Å². The molecule has 0 fully saturated rings. The van der Waals surface area contributed by atoms with Crippen molar-refractivity contribution in [3.8, 4) is 0 Å². The molecule has 0 aliphatic heterocycles. The Hall–Kier alpha value is -2.40. The molecule has 0 heterocycles. The summed E-state index contributed by atoms with van der Waals surface area (Å²) in [6, 6.07) is 12.0. The molecule has 23 heavy (non-hydrogen) atoms. The first-order valence-electron chi connectivity index (χ1n) is 6.82. The molecule has 0 N–H and O–H groups in total. The zero-order chi connectivity index (χ0) is 17.0. The number of hydrogen-bond donors (Lipinski definition) is 0. The Bertz CT molecular complexity index is 719. The Balaban J connectivity index is 2.30. The highest BCUT2D eigenvalue weighted by Gasteiger charge is 2.27. The summed E-state index contributed by atoms with van der Waals surface area (Å²) in [6.07, 6.45) is -1.10. The van der Waals surface area contributed by atoms with Crippen LogP contribution in [0.3, 0.4) is 0 Å². The molecule has 0 aliphatic carbocycles. The number of nitrogens with zero attached hydrogens (tertiary/aromatic N) is 1. The van der Waals surface area contributed by atoms with E-state index < -0.39 is 17.9 Å². The van der Waals surface area contributed by atoms with Gasteiger partial charge in [-0.1, -0.05) is 41.9 Å². The SMILES string of the molecule is CN(C)C(=O)[C@@H](OC(=O)c1ccc(F)cc1Cl)c1ccccc1. The molecule has 0 spiro atoms. The average Bonchev–Trinajstić information content (AvgIpc) is 2.52. The van der Waals surface area contributed by atoms with Gasteiger partial charge in [0.2, 0.25) is 6.10 Å². The van der Waals surface area contributed by atoms with Crippen molar-refractivity contribution >= 4 is 23.5 Å². The van der Waals surface area contributed by atoms with Gasteiger partial charge in [-0.25, -0.2) is 9.18 Å². The largest absolute Gasteiger partial charge is 0.444 e. The summed E-state index contributed by atoms with van der Waals surface area (Å²) in [5, 5.41) is -0.0703. The fraction of sp³-hybridized carbons (Fsp3) is 0.176. The molecule has 2 aromatic rings. The fourth-order valence-corrected chi connectivity index (χ4v) is 2.19. The molecule has 2 aromatic carbocycles. The van der Waals surface area contributed by atoms with Gasteiger partial charge < -0.3 is 9.64 Å². The van der Waals surface area contributed by atoms with Crippen LogP contribution in [0.1, 0.15) is 22.0 Å². The quantitative estimate of drug-likeness (QED) is 0.804. The van der Waals surface area contributed by atoms with Gasteiger partial charge >= 0.3 is 5.97 Å². The highest BCUT2D eigenvalue weighted by atomic mass is 35.5. The lowest BCUT2D eigenvalue weighted by atomic mass is 10.1. The molecule has 2 rings (SSSR count). The number of hydrogen-bond acceptors (Lipinski definition) is 3. The Labute approximate surface area is 138 Å². The number of benzene rings is 2. The van der Waals surface area contributed by atoms with Crippen LogP contribution >= 0.6 is 11.6 Å². The molecule has 0 saturated heterocycles. The summed E-state index contributed by atoms with van der Waals surface area (Å²) >= 11 is 5.86. The van der Waals surface area contributed by atoms with Crippen molar-refractivity contribution < 1.29 is 18.7 Å². The van der Waals surface area contributed by atoms with Crippen LogP contribution in [0.25, 0.3) is 0 Å². The van der Waals surface area contributed by atoms with Gasteiger partial charge in [0, 0.05) is 19.7 Å². The van der Waals surface area contributed by atoms with Gasteiger partial charge in [-0.2, -0.15) is 0 Å². The second-order valence-corrected chi connectivity index (χ2v) is 5.46. The molecule has 0 aromatic heterocycles. The van der Waals surface area contributed by atoms with E-state index in [0.29, 0.717) is 5.56 Å². The molecule has 0 radical (unpaired) electrons. The summed E-state index contributed by atoms with van der Waals surface area (Å²) < 4.78 is 18.4. The summed E-state index contributed by atoms with van der Waals surface area (Å²) in [5.74, 6) is -1.74. The lowest BCUT2D eigenvalue weighted by Gasteiger charge is -2.21. The van der Waals surface area contributed by atoms with Gasteiger partial charge in [0.05, 0.1) is 10.6 Å². The van der Waals surface area contributed by atoms with Crippen molar-refractivity contribution in [1.29, 1.82) is 0 Å². The van der Waals surface area contributed by atoms with E-state index in [1.165, 1.54) is 11.0 Å². The molecule has 1 atom stereocenters. The minimum atomic E-state index is -1.10. The Morgan fingerprint density at radius 3 is 2.35 bits per heavy atom. The van der Waals surface area contributed by atoms with Crippen molar-refractivity contribution in [3.05, 3.63) is 70.5 Å². The molecule has 0 saturated carbocycles. The van der Waals surface area contributed by atoms with E-state index in [0.717, 1.165) is 12.1 Å². The highest BCUT2D eigenvalue weighted by molar-refractivity contribution is 6.33. The number of likely N-dealkylation sites (N-methyl/N-ethyl adjacent to an activating group) is 1. The maximum atomic E-state index is 13.1. The molecular weight excluding hydrogens is 321 g/mol. The number of ether oxygens (including phenoxy) is 1. The average molecular weight is 336 g/mol. The van der Waals surface area contributed by atoms with E-state index in [4.69, 9.17) is 16.3 Å². The lowest BCUT2D eigenvalue weighted by molar-refractivity contribution is -0.138. The molecule has 120 valence electrons. The van der Waals surface area contributed by atoms with Gasteiger partial charge in [-0.05, 0) is 18.2 Å². The third kappa shape index (κ3) is 4.07. The third-order valence-electron chi connectivity index (χ3n) is 3.14. The summed E-state index contributed by atoms with van der Waals surface area (Å²) in [6.45, 7) is 0. The van der Waals surface area contributed by atoms with E-state index in [-0.39, 0.29) is 16.5 Å². The van der Waals surface area contributed by atoms with Crippen molar-refractivity contribution in [1.82, 2.24) is 4.90 Å². The number of esters is 1.